The first-order valence-electron chi connectivity index (χ1n) is 9.83. The minimum Gasteiger partial charge on any atom is -0.368 e. The number of aromatic nitrogens is 2. The van der Waals surface area contributed by atoms with Crippen molar-refractivity contribution in [3.8, 4) is 22.5 Å². The van der Waals surface area contributed by atoms with Crippen molar-refractivity contribution in [1.29, 1.82) is 0 Å². The summed E-state index contributed by atoms with van der Waals surface area (Å²) in [5.41, 5.74) is 9.21. The molecule has 2 N–H and O–H groups in total. The minimum absolute atomic E-state index is 0.00806. The molecule has 2 heterocycles. The van der Waals surface area contributed by atoms with Gasteiger partial charge >= 0.3 is 0 Å². The molecule has 10 nitrogen and oxygen atoms in total. The van der Waals surface area contributed by atoms with Crippen molar-refractivity contribution in [2.24, 2.45) is 10.3 Å². The number of nitro groups is 1. The van der Waals surface area contributed by atoms with Crippen LogP contribution >= 0.6 is 0 Å². The summed E-state index contributed by atoms with van der Waals surface area (Å²) in [5.74, 6) is 0.0952. The standard InChI is InChI=1S/C21H22N8O2/c1-27-9-11-28(12-10-27)26-25-17-7-5-15(6-8-17)19-14-20(24-21(22)23-19)16-3-2-4-18(13-16)29(30)31/h2-8,13-14H,9-12H2,1H3,(H2,22,23,24). The second-order valence-electron chi connectivity index (χ2n) is 7.30. The first-order chi connectivity index (χ1) is 15.0. The maximum absolute atomic E-state index is 11.1. The molecule has 31 heavy (non-hydrogen) atoms. The summed E-state index contributed by atoms with van der Waals surface area (Å²) < 4.78 is 0. The van der Waals surface area contributed by atoms with E-state index >= 15 is 0 Å². The average Bonchev–Trinajstić information content (AvgIpc) is 2.79. The number of rotatable bonds is 5. The zero-order valence-corrected chi connectivity index (χ0v) is 17.0. The van der Waals surface area contributed by atoms with Crippen LogP contribution in [0.25, 0.3) is 22.5 Å². The lowest BCUT2D eigenvalue weighted by Crippen LogP contribution is -2.41. The molecule has 1 aliphatic rings. The molecular formula is C21H22N8O2. The molecule has 1 fully saturated rings. The third-order valence-electron chi connectivity index (χ3n) is 5.03. The van der Waals surface area contributed by atoms with E-state index in [0.29, 0.717) is 17.0 Å². The van der Waals surface area contributed by atoms with Gasteiger partial charge in [0, 0.05) is 36.3 Å². The first kappa shape index (κ1) is 20.4. The quantitative estimate of drug-likeness (QED) is 0.381. The van der Waals surface area contributed by atoms with Crippen LogP contribution in [0.5, 0.6) is 0 Å². The molecule has 1 aromatic heterocycles. The van der Waals surface area contributed by atoms with Gasteiger partial charge in [-0.05, 0) is 25.2 Å². The molecule has 0 amide bonds. The van der Waals surface area contributed by atoms with E-state index in [2.05, 4.69) is 32.3 Å². The Kier molecular flexibility index (Phi) is 5.80. The van der Waals surface area contributed by atoms with Gasteiger partial charge in [0.25, 0.3) is 5.69 Å². The Labute approximate surface area is 179 Å². The lowest BCUT2D eigenvalue weighted by Gasteiger charge is -2.29. The Balaban J connectivity index is 1.54. The Morgan fingerprint density at radius 1 is 0.968 bits per heavy atom. The van der Waals surface area contributed by atoms with Gasteiger partial charge in [0.2, 0.25) is 5.95 Å². The number of hydrogen-bond acceptors (Lipinski definition) is 8. The van der Waals surface area contributed by atoms with Crippen LogP contribution in [-0.2, 0) is 0 Å². The van der Waals surface area contributed by atoms with Crippen LogP contribution in [0.4, 0.5) is 17.3 Å². The number of nitro benzene ring substituents is 1. The number of benzene rings is 2. The number of likely N-dealkylation sites (N-methyl/N-ethyl adjacent to an activating group) is 1. The lowest BCUT2D eigenvalue weighted by molar-refractivity contribution is -0.384. The van der Waals surface area contributed by atoms with Crippen LogP contribution in [0.2, 0.25) is 0 Å². The van der Waals surface area contributed by atoms with Crippen LogP contribution in [0.15, 0.2) is 64.9 Å². The highest BCUT2D eigenvalue weighted by atomic mass is 16.6. The molecule has 0 unspecified atom stereocenters. The fourth-order valence-corrected chi connectivity index (χ4v) is 3.24. The predicted octanol–water partition coefficient (Wildman–Crippen LogP) is 3.55. The van der Waals surface area contributed by atoms with Crippen LogP contribution in [0, 0.1) is 10.1 Å². The van der Waals surface area contributed by atoms with Crippen LogP contribution in [0.3, 0.4) is 0 Å². The predicted molar refractivity (Wildman–Crippen MR) is 118 cm³/mol. The molecule has 0 spiro atoms. The van der Waals surface area contributed by atoms with Gasteiger partial charge in [0.15, 0.2) is 0 Å². The number of non-ortho nitro benzene ring substituents is 1. The van der Waals surface area contributed by atoms with Crippen molar-refractivity contribution in [3.63, 3.8) is 0 Å². The van der Waals surface area contributed by atoms with Crippen molar-refractivity contribution in [1.82, 2.24) is 19.9 Å². The molecule has 3 aromatic rings. The zero-order chi connectivity index (χ0) is 21.8. The SMILES string of the molecule is CN1CCN(N=Nc2ccc(-c3cc(-c4cccc([N+](=O)[O-])c4)nc(N)n3)cc2)CC1. The van der Waals surface area contributed by atoms with E-state index < -0.39 is 4.92 Å². The largest absolute Gasteiger partial charge is 0.368 e. The van der Waals surface area contributed by atoms with Gasteiger partial charge in [-0.3, -0.25) is 15.1 Å². The summed E-state index contributed by atoms with van der Waals surface area (Å²) in [5, 5.41) is 21.7. The van der Waals surface area contributed by atoms with E-state index in [9.17, 15) is 10.1 Å². The summed E-state index contributed by atoms with van der Waals surface area (Å²) >= 11 is 0. The topological polar surface area (TPSA) is 126 Å². The van der Waals surface area contributed by atoms with Gasteiger partial charge in [-0.15, -0.1) is 5.11 Å². The summed E-state index contributed by atoms with van der Waals surface area (Å²) in [7, 11) is 2.09. The molecule has 10 heteroatoms. The number of nitrogens with zero attached hydrogens (tertiary/aromatic N) is 7. The molecule has 0 radical (unpaired) electrons. The molecule has 0 atom stereocenters. The fourth-order valence-electron chi connectivity index (χ4n) is 3.24. The number of nitrogen functional groups attached to an aromatic ring is 1. The Morgan fingerprint density at radius 3 is 2.32 bits per heavy atom. The lowest BCUT2D eigenvalue weighted by atomic mass is 10.1. The summed E-state index contributed by atoms with van der Waals surface area (Å²) in [6.07, 6.45) is 0. The molecule has 0 bridgehead atoms. The normalized spacial score (nSPS) is 14.8. The van der Waals surface area contributed by atoms with Gasteiger partial charge in [-0.1, -0.05) is 29.5 Å². The number of hydrogen-bond donors (Lipinski definition) is 1. The van der Waals surface area contributed by atoms with E-state index in [4.69, 9.17) is 5.73 Å². The van der Waals surface area contributed by atoms with E-state index in [1.165, 1.54) is 12.1 Å². The third-order valence-corrected chi connectivity index (χ3v) is 5.03. The highest BCUT2D eigenvalue weighted by Crippen LogP contribution is 2.28. The number of anilines is 1. The summed E-state index contributed by atoms with van der Waals surface area (Å²) in [4.78, 5) is 21.4. The van der Waals surface area contributed by atoms with Crippen molar-refractivity contribution in [2.45, 2.75) is 0 Å². The molecule has 158 valence electrons. The molecule has 0 aliphatic carbocycles. The molecule has 1 aliphatic heterocycles. The van der Waals surface area contributed by atoms with Crippen molar-refractivity contribution < 1.29 is 4.92 Å². The Hall–Kier alpha value is -3.92. The van der Waals surface area contributed by atoms with Gasteiger partial charge < -0.3 is 10.6 Å². The monoisotopic (exact) mass is 418 g/mol. The maximum atomic E-state index is 11.1. The van der Waals surface area contributed by atoms with Gasteiger partial charge in [0.05, 0.1) is 35.1 Å². The third kappa shape index (κ3) is 4.98. The van der Waals surface area contributed by atoms with Gasteiger partial charge in [-0.25, -0.2) is 9.97 Å². The molecule has 1 saturated heterocycles. The average molecular weight is 418 g/mol. The van der Waals surface area contributed by atoms with Gasteiger partial charge in [-0.2, -0.15) is 0 Å². The van der Waals surface area contributed by atoms with Gasteiger partial charge in [0.1, 0.15) is 0 Å². The molecule has 2 aromatic carbocycles. The second kappa shape index (κ2) is 8.84. The summed E-state index contributed by atoms with van der Waals surface area (Å²) in [6.45, 7) is 3.66. The highest BCUT2D eigenvalue weighted by Gasteiger charge is 2.13. The van der Waals surface area contributed by atoms with Crippen LogP contribution in [0.1, 0.15) is 0 Å². The minimum atomic E-state index is -0.440. The van der Waals surface area contributed by atoms with Crippen molar-refractivity contribution in [3.05, 3.63) is 64.7 Å². The first-order valence-corrected chi connectivity index (χ1v) is 9.83. The fraction of sp³-hybridized carbons (Fsp3) is 0.238. The van der Waals surface area contributed by atoms with Crippen molar-refractivity contribution >= 4 is 17.3 Å². The zero-order valence-electron chi connectivity index (χ0n) is 17.0. The van der Waals surface area contributed by atoms with E-state index in [-0.39, 0.29) is 11.6 Å². The molecular weight excluding hydrogens is 396 g/mol. The Morgan fingerprint density at radius 2 is 1.65 bits per heavy atom. The van der Waals surface area contributed by atoms with E-state index in [0.717, 1.165) is 37.4 Å². The van der Waals surface area contributed by atoms with Crippen molar-refractivity contribution in [2.75, 3.05) is 39.0 Å². The maximum Gasteiger partial charge on any atom is 0.270 e. The number of piperazine rings is 1. The van der Waals surface area contributed by atoms with Crippen LogP contribution in [-0.4, -0.2) is 58.0 Å². The molecule has 4 rings (SSSR count). The highest BCUT2D eigenvalue weighted by molar-refractivity contribution is 5.71. The van der Waals surface area contributed by atoms with Crippen LogP contribution < -0.4 is 5.73 Å². The molecule has 0 saturated carbocycles. The number of nitrogens with two attached hydrogens (primary N) is 1. The Bertz CT molecular complexity index is 1110. The van der Waals surface area contributed by atoms with E-state index in [1.807, 2.05) is 29.3 Å². The second-order valence-corrected chi connectivity index (χ2v) is 7.30. The summed E-state index contributed by atoms with van der Waals surface area (Å²) in [6, 6.07) is 15.5. The smallest absolute Gasteiger partial charge is 0.270 e. The van der Waals surface area contributed by atoms with E-state index in [1.54, 1.807) is 18.2 Å².